The van der Waals surface area contributed by atoms with Crippen LogP contribution in [0.1, 0.15) is 30.0 Å². The molecule has 0 amide bonds. The topological polar surface area (TPSA) is 64.4 Å². The monoisotopic (exact) mass is 417 g/mol. The van der Waals surface area contributed by atoms with Crippen molar-refractivity contribution in [3.8, 4) is 6.07 Å². The fraction of sp³-hybridized carbons (Fsp3) is 0.381. The maximum atomic E-state index is 12.3. The molecule has 2 aromatic carbocycles. The second-order valence-electron chi connectivity index (χ2n) is 7.03. The number of benzene rings is 2. The van der Waals surface area contributed by atoms with E-state index in [0.29, 0.717) is 30.2 Å². The fourth-order valence-corrected chi connectivity index (χ4v) is 4.94. The lowest BCUT2D eigenvalue weighted by molar-refractivity contribution is 0.469. The van der Waals surface area contributed by atoms with Crippen LogP contribution in [-0.4, -0.2) is 37.6 Å². The average Bonchev–Trinajstić information content (AvgIpc) is 3.18. The highest BCUT2D eigenvalue weighted by Crippen LogP contribution is 2.30. The Morgan fingerprint density at radius 2 is 2.04 bits per heavy atom. The minimum Gasteiger partial charge on any atom is -0.363 e. The van der Waals surface area contributed by atoms with E-state index in [2.05, 4.69) is 30.0 Å². The minimum atomic E-state index is -3.21. The lowest BCUT2D eigenvalue weighted by Gasteiger charge is -2.32. The van der Waals surface area contributed by atoms with E-state index >= 15 is 0 Å². The molecule has 0 N–H and O–H groups in total. The van der Waals surface area contributed by atoms with Crippen LogP contribution in [0.25, 0.3) is 0 Å². The number of halogens is 1. The Hall–Kier alpha value is -2.07. The third-order valence-electron chi connectivity index (χ3n) is 5.33. The van der Waals surface area contributed by atoms with E-state index in [-0.39, 0.29) is 11.8 Å². The van der Waals surface area contributed by atoms with Crippen molar-refractivity contribution in [2.45, 2.75) is 32.9 Å². The molecule has 1 aliphatic rings. The molecule has 0 saturated carbocycles. The van der Waals surface area contributed by atoms with Gasteiger partial charge in [-0.25, -0.2) is 8.42 Å². The highest BCUT2D eigenvalue weighted by molar-refractivity contribution is 7.89. The SMILES string of the molecule is CCS(=O)(=O)N1CC[C@H](N(Cc2ccccc2C)c2ccc(C#N)c(Cl)c2)C1. The maximum Gasteiger partial charge on any atom is 0.213 e. The van der Waals surface area contributed by atoms with Gasteiger partial charge < -0.3 is 4.90 Å². The van der Waals surface area contributed by atoms with E-state index in [1.54, 1.807) is 23.4 Å². The van der Waals surface area contributed by atoms with E-state index < -0.39 is 10.0 Å². The Bertz CT molecular complexity index is 1000. The number of nitrogens with zero attached hydrogens (tertiary/aromatic N) is 3. The van der Waals surface area contributed by atoms with E-state index in [9.17, 15) is 8.42 Å². The van der Waals surface area contributed by atoms with Gasteiger partial charge in [-0.3, -0.25) is 0 Å². The third-order valence-corrected chi connectivity index (χ3v) is 7.49. The second-order valence-corrected chi connectivity index (χ2v) is 9.70. The molecule has 0 unspecified atom stereocenters. The third kappa shape index (κ3) is 4.33. The molecular weight excluding hydrogens is 394 g/mol. The zero-order valence-corrected chi connectivity index (χ0v) is 17.7. The van der Waals surface area contributed by atoms with Crippen LogP contribution in [0.5, 0.6) is 0 Å². The van der Waals surface area contributed by atoms with Crippen LogP contribution in [0.15, 0.2) is 42.5 Å². The van der Waals surface area contributed by atoms with E-state index in [0.717, 1.165) is 12.1 Å². The number of hydrogen-bond donors (Lipinski definition) is 0. The van der Waals surface area contributed by atoms with Crippen LogP contribution < -0.4 is 4.90 Å². The van der Waals surface area contributed by atoms with Crippen LogP contribution >= 0.6 is 11.6 Å². The highest BCUT2D eigenvalue weighted by atomic mass is 35.5. The van der Waals surface area contributed by atoms with Gasteiger partial charge in [0.05, 0.1) is 16.3 Å². The standard InChI is InChI=1S/C21H24ClN3O2S/c1-3-28(26,27)24-11-10-20(15-24)25(14-18-7-5-4-6-16(18)2)19-9-8-17(13-23)21(22)12-19/h4-9,12,20H,3,10-11,14-15H2,1-2H3/t20-/m0/s1. The van der Waals surface area contributed by atoms with Crippen molar-refractivity contribution >= 4 is 27.3 Å². The highest BCUT2D eigenvalue weighted by Gasteiger charge is 2.34. The zero-order chi connectivity index (χ0) is 20.3. The Kier molecular flexibility index (Phi) is 6.29. The van der Waals surface area contributed by atoms with Gasteiger partial charge in [-0.15, -0.1) is 0 Å². The normalized spacial score (nSPS) is 17.4. The molecule has 0 spiro atoms. The van der Waals surface area contributed by atoms with Gasteiger partial charge in [0.1, 0.15) is 6.07 Å². The Labute approximate surface area is 172 Å². The molecule has 1 aliphatic heterocycles. The predicted molar refractivity (Wildman–Crippen MR) is 113 cm³/mol. The summed E-state index contributed by atoms with van der Waals surface area (Å²) in [5, 5.41) is 9.57. The van der Waals surface area contributed by atoms with Gasteiger partial charge in [0.25, 0.3) is 0 Å². The van der Waals surface area contributed by atoms with Crippen LogP contribution in [0.4, 0.5) is 5.69 Å². The van der Waals surface area contributed by atoms with Crippen molar-refractivity contribution < 1.29 is 8.42 Å². The molecule has 28 heavy (non-hydrogen) atoms. The molecule has 0 bridgehead atoms. The zero-order valence-electron chi connectivity index (χ0n) is 16.1. The van der Waals surface area contributed by atoms with Crippen LogP contribution in [-0.2, 0) is 16.6 Å². The van der Waals surface area contributed by atoms with Crippen molar-refractivity contribution in [3.63, 3.8) is 0 Å². The summed E-state index contributed by atoms with van der Waals surface area (Å²) in [7, 11) is -3.21. The summed E-state index contributed by atoms with van der Waals surface area (Å²) in [4.78, 5) is 2.21. The summed E-state index contributed by atoms with van der Waals surface area (Å²) in [5.74, 6) is 0.111. The van der Waals surface area contributed by atoms with Gasteiger partial charge in [-0.2, -0.15) is 9.57 Å². The molecular formula is C21H24ClN3O2S. The maximum absolute atomic E-state index is 12.3. The largest absolute Gasteiger partial charge is 0.363 e. The van der Waals surface area contributed by atoms with Gasteiger partial charge >= 0.3 is 0 Å². The van der Waals surface area contributed by atoms with Crippen molar-refractivity contribution in [1.82, 2.24) is 4.31 Å². The number of nitriles is 1. The molecule has 1 fully saturated rings. The number of aryl methyl sites for hydroxylation is 1. The molecule has 0 aliphatic carbocycles. The summed E-state index contributed by atoms with van der Waals surface area (Å²) in [6, 6.07) is 15.7. The summed E-state index contributed by atoms with van der Waals surface area (Å²) >= 11 is 6.28. The van der Waals surface area contributed by atoms with Gasteiger partial charge in [0.15, 0.2) is 0 Å². The molecule has 2 aromatic rings. The summed E-state index contributed by atoms with van der Waals surface area (Å²) < 4.78 is 26.2. The first-order valence-electron chi connectivity index (χ1n) is 9.34. The first kappa shape index (κ1) is 20.7. The Balaban J connectivity index is 1.95. The van der Waals surface area contributed by atoms with Gasteiger partial charge in [-0.1, -0.05) is 35.9 Å². The molecule has 0 aromatic heterocycles. The predicted octanol–water partition coefficient (Wildman–Crippen LogP) is 3.95. The van der Waals surface area contributed by atoms with E-state index in [4.69, 9.17) is 16.9 Å². The summed E-state index contributed by atoms with van der Waals surface area (Å²) in [6.07, 6.45) is 0.753. The molecule has 148 valence electrons. The van der Waals surface area contributed by atoms with Gasteiger partial charge in [0.2, 0.25) is 10.0 Å². The molecule has 1 saturated heterocycles. The van der Waals surface area contributed by atoms with E-state index in [1.165, 1.54) is 11.1 Å². The van der Waals surface area contributed by atoms with Gasteiger partial charge in [0, 0.05) is 31.4 Å². The van der Waals surface area contributed by atoms with Crippen molar-refractivity contribution in [2.24, 2.45) is 0 Å². The van der Waals surface area contributed by atoms with Crippen molar-refractivity contribution in [3.05, 3.63) is 64.2 Å². The number of rotatable bonds is 6. The molecule has 1 atom stereocenters. The number of sulfonamides is 1. The smallest absolute Gasteiger partial charge is 0.213 e. The summed E-state index contributed by atoms with van der Waals surface area (Å²) in [6.45, 7) is 5.38. The summed E-state index contributed by atoms with van der Waals surface area (Å²) in [5.41, 5.74) is 3.69. The lowest BCUT2D eigenvalue weighted by Crippen LogP contribution is -2.39. The van der Waals surface area contributed by atoms with Crippen molar-refractivity contribution in [2.75, 3.05) is 23.7 Å². The Morgan fingerprint density at radius 1 is 1.29 bits per heavy atom. The van der Waals surface area contributed by atoms with Crippen LogP contribution in [0.3, 0.4) is 0 Å². The lowest BCUT2D eigenvalue weighted by atomic mass is 10.1. The quantitative estimate of drug-likeness (QED) is 0.713. The first-order chi connectivity index (χ1) is 13.4. The van der Waals surface area contributed by atoms with E-state index in [1.807, 2.05) is 18.2 Å². The Morgan fingerprint density at radius 3 is 2.68 bits per heavy atom. The van der Waals surface area contributed by atoms with Crippen LogP contribution in [0, 0.1) is 18.3 Å². The fourth-order valence-electron chi connectivity index (χ4n) is 3.58. The van der Waals surface area contributed by atoms with Gasteiger partial charge in [-0.05, 0) is 49.6 Å². The molecule has 1 heterocycles. The number of anilines is 1. The van der Waals surface area contributed by atoms with Crippen LogP contribution in [0.2, 0.25) is 5.02 Å². The molecule has 7 heteroatoms. The molecule has 3 rings (SSSR count). The first-order valence-corrected chi connectivity index (χ1v) is 11.3. The van der Waals surface area contributed by atoms with Crippen molar-refractivity contribution in [1.29, 1.82) is 5.26 Å². The molecule has 5 nitrogen and oxygen atoms in total. The minimum absolute atomic E-state index is 0.0462. The number of hydrogen-bond acceptors (Lipinski definition) is 4. The average molecular weight is 418 g/mol. The second kappa shape index (κ2) is 8.52. The molecule has 0 radical (unpaired) electrons.